The molecule has 3 unspecified atom stereocenters. The zero-order valence-corrected chi connectivity index (χ0v) is 48.1. The van der Waals surface area contributed by atoms with Crippen LogP contribution in [0, 0.1) is 0 Å². The lowest BCUT2D eigenvalue weighted by molar-refractivity contribution is -0.870. The van der Waals surface area contributed by atoms with Crippen LogP contribution in [0.15, 0.2) is 72.9 Å². The lowest BCUT2D eigenvalue weighted by Gasteiger charge is -2.25. The van der Waals surface area contributed by atoms with Gasteiger partial charge in [0.25, 0.3) is 0 Å². The normalized spacial score (nSPS) is 14.4. The minimum atomic E-state index is -4.37. The molecule has 0 rings (SSSR count). The van der Waals surface area contributed by atoms with E-state index in [2.05, 4.69) is 79.9 Å². The first-order chi connectivity index (χ1) is 34.5. The topological polar surface area (TPSA) is 105 Å². The van der Waals surface area contributed by atoms with Gasteiger partial charge in [0.05, 0.1) is 39.9 Å². The molecule has 414 valence electrons. The van der Waals surface area contributed by atoms with Crippen LogP contribution >= 0.6 is 7.82 Å². The summed E-state index contributed by atoms with van der Waals surface area (Å²) in [7, 11) is 1.53. The molecule has 0 aromatic heterocycles. The summed E-state index contributed by atoms with van der Waals surface area (Å²) in [6.07, 6.45) is 73.1. The van der Waals surface area contributed by atoms with Crippen molar-refractivity contribution >= 4 is 13.7 Å². The van der Waals surface area contributed by atoms with Crippen LogP contribution in [0.5, 0.6) is 0 Å². The third-order valence-corrected chi connectivity index (χ3v) is 14.1. The Labute approximate surface area is 440 Å². The van der Waals surface area contributed by atoms with Gasteiger partial charge in [0, 0.05) is 6.42 Å². The van der Waals surface area contributed by atoms with Gasteiger partial charge >= 0.3 is 7.82 Å². The summed E-state index contributed by atoms with van der Waals surface area (Å²) in [5, 5.41) is 13.9. The molecule has 0 aliphatic rings. The highest BCUT2D eigenvalue weighted by molar-refractivity contribution is 7.47. The van der Waals surface area contributed by atoms with E-state index in [9.17, 15) is 19.4 Å². The lowest BCUT2D eigenvalue weighted by Crippen LogP contribution is -2.45. The van der Waals surface area contributed by atoms with Gasteiger partial charge in [0.1, 0.15) is 13.2 Å². The van der Waals surface area contributed by atoms with Crippen molar-refractivity contribution in [3.63, 3.8) is 0 Å². The van der Waals surface area contributed by atoms with E-state index in [4.69, 9.17) is 9.05 Å². The van der Waals surface area contributed by atoms with Crippen molar-refractivity contribution in [3.8, 4) is 0 Å². The molecule has 0 heterocycles. The van der Waals surface area contributed by atoms with Crippen molar-refractivity contribution in [1.29, 1.82) is 0 Å². The Bertz CT molecular complexity index is 1380. The number of quaternary nitrogens is 1. The number of nitrogens with one attached hydrogen (secondary N) is 1. The molecule has 0 aliphatic heterocycles. The van der Waals surface area contributed by atoms with E-state index in [1.807, 2.05) is 27.2 Å². The first kappa shape index (κ1) is 68.9. The summed E-state index contributed by atoms with van der Waals surface area (Å²) < 4.78 is 23.7. The van der Waals surface area contributed by atoms with E-state index < -0.39 is 20.0 Å². The number of phosphoric acid groups is 1. The molecule has 0 aromatic rings. The van der Waals surface area contributed by atoms with Gasteiger partial charge in [-0.2, -0.15) is 0 Å². The second kappa shape index (κ2) is 52.8. The van der Waals surface area contributed by atoms with Gasteiger partial charge in [-0.05, 0) is 83.5 Å². The van der Waals surface area contributed by atoms with Gasteiger partial charge in [-0.25, -0.2) is 4.57 Å². The maximum Gasteiger partial charge on any atom is 0.472 e. The maximum atomic E-state index is 13.0. The smallest absolute Gasteiger partial charge is 0.387 e. The van der Waals surface area contributed by atoms with Gasteiger partial charge < -0.3 is 19.8 Å². The highest BCUT2D eigenvalue weighted by Crippen LogP contribution is 2.43. The van der Waals surface area contributed by atoms with Crippen LogP contribution < -0.4 is 5.32 Å². The van der Waals surface area contributed by atoms with E-state index in [1.165, 1.54) is 173 Å². The Morgan fingerprint density at radius 1 is 0.479 bits per heavy atom. The van der Waals surface area contributed by atoms with Crippen molar-refractivity contribution in [3.05, 3.63) is 72.9 Å². The van der Waals surface area contributed by atoms with Crippen LogP contribution in [-0.2, 0) is 18.4 Å². The molecular weight excluding hydrogens is 900 g/mol. The predicted molar refractivity (Wildman–Crippen MR) is 309 cm³/mol. The fourth-order valence-electron chi connectivity index (χ4n) is 8.43. The number of nitrogens with zero attached hydrogens (tertiary/aromatic N) is 1. The minimum Gasteiger partial charge on any atom is -0.387 e. The van der Waals surface area contributed by atoms with E-state index >= 15 is 0 Å². The molecule has 3 N–H and O–H groups in total. The Hall–Kier alpha value is -2.06. The summed E-state index contributed by atoms with van der Waals surface area (Å²) in [5.74, 6) is -0.204. The molecule has 0 saturated heterocycles. The molecule has 0 radical (unpaired) electrons. The van der Waals surface area contributed by atoms with Crippen LogP contribution in [0.4, 0.5) is 0 Å². The Morgan fingerprint density at radius 2 is 0.817 bits per heavy atom. The van der Waals surface area contributed by atoms with Crippen LogP contribution in [0.25, 0.3) is 0 Å². The third kappa shape index (κ3) is 55.5. The minimum absolute atomic E-state index is 0.0477. The average molecular weight is 1020 g/mol. The molecule has 0 bridgehead atoms. The molecule has 0 spiro atoms. The first-order valence-electron chi connectivity index (χ1n) is 29.8. The van der Waals surface area contributed by atoms with Gasteiger partial charge in [0.15, 0.2) is 0 Å². The van der Waals surface area contributed by atoms with Gasteiger partial charge in [-0.3, -0.25) is 13.8 Å². The van der Waals surface area contributed by atoms with Crippen molar-refractivity contribution in [2.75, 3.05) is 40.9 Å². The number of unbranched alkanes of at least 4 members (excludes halogenated alkanes) is 31. The van der Waals surface area contributed by atoms with Gasteiger partial charge in [-0.15, -0.1) is 0 Å². The SMILES string of the molecule is CCCCC/C=C\C/C=C\C/C=C\CCCCCCCCC(=O)NC(COP(=O)(O)OCC[N+](C)(C)C)C(O)/C=C/CC/C=C/CC/C=C/CCCCCCCCCCCCCCCCCCCCCC. The summed E-state index contributed by atoms with van der Waals surface area (Å²) in [4.78, 5) is 23.3. The molecule has 3 atom stereocenters. The summed E-state index contributed by atoms with van der Waals surface area (Å²) in [5.41, 5.74) is 0. The second-order valence-corrected chi connectivity index (χ2v) is 22.8. The van der Waals surface area contributed by atoms with E-state index in [0.29, 0.717) is 17.4 Å². The summed E-state index contributed by atoms with van der Waals surface area (Å²) in [6.45, 7) is 4.76. The van der Waals surface area contributed by atoms with Crippen LogP contribution in [-0.4, -0.2) is 73.4 Å². The molecule has 71 heavy (non-hydrogen) atoms. The first-order valence-corrected chi connectivity index (χ1v) is 31.3. The van der Waals surface area contributed by atoms with Gasteiger partial charge in [-0.1, -0.05) is 247 Å². The van der Waals surface area contributed by atoms with E-state index in [-0.39, 0.29) is 19.1 Å². The number of amides is 1. The van der Waals surface area contributed by atoms with E-state index in [1.54, 1.807) is 6.08 Å². The standard InChI is InChI=1S/C62H115N2O6P/c1-6-8-10-12-14-16-18-20-22-24-26-27-28-29-30-31-32-33-34-35-36-38-39-41-43-45-47-49-51-53-55-61(65)60(59-70-71(67,68)69-58-57-64(3,4)5)63-62(66)56-54-52-50-48-46-44-42-40-37-25-23-21-19-17-15-13-11-9-7-2/h15,17,21,23,37-40,45,47,53,55,60-61,65H,6-14,16,18-20,22,24-36,41-44,46,48-52,54,56-59H2,1-5H3,(H-,63,66,67,68)/p+1/b17-15-,23-21-,39-38+,40-37-,47-45+,55-53+. The van der Waals surface area contributed by atoms with Crippen LogP contribution in [0.3, 0.4) is 0 Å². The number of carbonyl (C=O) groups is 1. The number of hydrogen-bond donors (Lipinski definition) is 3. The molecule has 0 aromatic carbocycles. The Morgan fingerprint density at radius 3 is 1.25 bits per heavy atom. The molecule has 0 saturated carbocycles. The largest absolute Gasteiger partial charge is 0.472 e. The fraction of sp³-hybridized carbons (Fsp3) is 0.790. The van der Waals surface area contributed by atoms with Crippen molar-refractivity contribution in [2.24, 2.45) is 0 Å². The summed E-state index contributed by atoms with van der Waals surface area (Å²) >= 11 is 0. The molecule has 1 amide bonds. The second-order valence-electron chi connectivity index (χ2n) is 21.3. The summed E-state index contributed by atoms with van der Waals surface area (Å²) in [6, 6.07) is -0.882. The number of hydrogen-bond acceptors (Lipinski definition) is 5. The number of rotatable bonds is 54. The number of phosphoric ester groups is 1. The Balaban J connectivity index is 4.26. The number of allylic oxidation sites excluding steroid dienone is 11. The zero-order chi connectivity index (χ0) is 52.0. The van der Waals surface area contributed by atoms with Crippen LogP contribution in [0.1, 0.15) is 264 Å². The van der Waals surface area contributed by atoms with E-state index in [0.717, 1.165) is 70.6 Å². The predicted octanol–water partition coefficient (Wildman–Crippen LogP) is 18.3. The number of aliphatic hydroxyl groups is 1. The molecule has 9 heteroatoms. The average Bonchev–Trinajstić information content (AvgIpc) is 3.33. The molecule has 0 aliphatic carbocycles. The number of carbonyl (C=O) groups excluding carboxylic acids is 1. The fourth-order valence-corrected chi connectivity index (χ4v) is 9.17. The maximum absolute atomic E-state index is 13.0. The third-order valence-electron chi connectivity index (χ3n) is 13.1. The van der Waals surface area contributed by atoms with Gasteiger partial charge in [0.2, 0.25) is 5.91 Å². The molecule has 8 nitrogen and oxygen atoms in total. The van der Waals surface area contributed by atoms with Crippen molar-refractivity contribution in [1.82, 2.24) is 5.32 Å². The molecular formula is C62H116N2O6P+. The molecule has 0 fully saturated rings. The van der Waals surface area contributed by atoms with Crippen molar-refractivity contribution in [2.45, 2.75) is 276 Å². The highest BCUT2D eigenvalue weighted by Gasteiger charge is 2.27. The monoisotopic (exact) mass is 1020 g/mol. The highest BCUT2D eigenvalue weighted by atomic mass is 31.2. The number of aliphatic hydroxyl groups excluding tert-OH is 1. The van der Waals surface area contributed by atoms with Crippen LogP contribution in [0.2, 0.25) is 0 Å². The van der Waals surface area contributed by atoms with Crippen molar-refractivity contribution < 1.29 is 32.9 Å². The zero-order valence-electron chi connectivity index (χ0n) is 47.2. The Kier molecular flexibility index (Phi) is 51.3. The number of likely N-dealkylation sites (N-methyl/N-ethyl adjacent to an activating group) is 1. The quantitative estimate of drug-likeness (QED) is 0.0243. The lowest BCUT2D eigenvalue weighted by atomic mass is 10.0.